The van der Waals surface area contributed by atoms with Gasteiger partial charge in [-0.1, -0.05) is 45.0 Å². The molecule has 1 aliphatic heterocycles. The van der Waals surface area contributed by atoms with Gasteiger partial charge in [0.25, 0.3) is 5.54 Å². The second kappa shape index (κ2) is 8.53. The molecule has 0 amide bonds. The van der Waals surface area contributed by atoms with Crippen LogP contribution in [0.5, 0.6) is 0 Å². The van der Waals surface area contributed by atoms with E-state index >= 15 is 0 Å². The first-order valence-corrected chi connectivity index (χ1v) is 11.1. The number of hydrogen-bond donors (Lipinski definition) is 3. The van der Waals surface area contributed by atoms with Crippen molar-refractivity contribution < 1.29 is 4.92 Å². The average Bonchev–Trinajstić information content (AvgIpc) is 3.15. The summed E-state index contributed by atoms with van der Waals surface area (Å²) >= 11 is 0. The molecule has 0 radical (unpaired) electrons. The van der Waals surface area contributed by atoms with E-state index in [1.54, 1.807) is 0 Å². The minimum atomic E-state index is -1.54. The van der Waals surface area contributed by atoms with Crippen LogP contribution in [0, 0.1) is 17.0 Å². The Bertz CT molecular complexity index is 1290. The number of aliphatic imine (C=N–C) groups is 1. The van der Waals surface area contributed by atoms with Gasteiger partial charge < -0.3 is 16.8 Å². The molecule has 3 aromatic rings. The van der Waals surface area contributed by atoms with E-state index in [1.807, 2.05) is 23.6 Å². The van der Waals surface area contributed by atoms with Crippen LogP contribution < -0.4 is 16.8 Å². The fourth-order valence-electron chi connectivity index (χ4n) is 4.03. The molecule has 10 heteroatoms. The predicted octanol–water partition coefficient (Wildman–Crippen LogP) is 3.03. The summed E-state index contributed by atoms with van der Waals surface area (Å²) in [6, 6.07) is 10.2. The molecule has 0 saturated heterocycles. The first kappa shape index (κ1) is 23.4. The van der Waals surface area contributed by atoms with E-state index in [1.165, 1.54) is 17.7 Å². The van der Waals surface area contributed by atoms with E-state index in [0.717, 1.165) is 22.6 Å². The van der Waals surface area contributed by atoms with Crippen LogP contribution in [0.1, 0.15) is 38.4 Å². The summed E-state index contributed by atoms with van der Waals surface area (Å²) in [6.45, 7) is 8.68. The normalized spacial score (nSPS) is 20.4. The van der Waals surface area contributed by atoms with E-state index in [4.69, 9.17) is 16.5 Å². The molecule has 2 aromatic heterocycles. The first-order valence-electron chi connectivity index (χ1n) is 11.1. The SMILES string of the molecule is Cc1cn2c(NCCC3([N+](=O)[O-])C=CC(N)=NC3N)nc(-c3ccc(C(C)(C)C)cc3)cc2n1. The van der Waals surface area contributed by atoms with Gasteiger partial charge in [-0.15, -0.1) is 0 Å². The maximum atomic E-state index is 11.9. The van der Waals surface area contributed by atoms with Gasteiger partial charge in [-0.05, 0) is 30.1 Å². The lowest BCUT2D eigenvalue weighted by molar-refractivity contribution is -0.559. The number of anilines is 1. The molecule has 10 nitrogen and oxygen atoms in total. The molecule has 178 valence electrons. The number of benzene rings is 1. The van der Waals surface area contributed by atoms with Crippen LogP contribution >= 0.6 is 0 Å². The van der Waals surface area contributed by atoms with Crippen molar-refractivity contribution >= 4 is 17.4 Å². The maximum Gasteiger partial charge on any atom is 0.277 e. The molecule has 0 aliphatic carbocycles. The van der Waals surface area contributed by atoms with Crippen LogP contribution in [0.2, 0.25) is 0 Å². The zero-order chi connectivity index (χ0) is 24.7. The van der Waals surface area contributed by atoms with Crippen LogP contribution in [-0.4, -0.2) is 43.4 Å². The highest BCUT2D eigenvalue weighted by Crippen LogP contribution is 2.28. The lowest BCUT2D eigenvalue weighted by atomic mass is 9.86. The summed E-state index contributed by atoms with van der Waals surface area (Å²) in [4.78, 5) is 24.9. The second-order valence-corrected chi connectivity index (χ2v) is 9.66. The zero-order valence-corrected chi connectivity index (χ0v) is 19.8. The van der Waals surface area contributed by atoms with E-state index in [-0.39, 0.29) is 24.2 Å². The lowest BCUT2D eigenvalue weighted by Gasteiger charge is -2.28. The molecular weight excluding hydrogens is 432 g/mol. The van der Waals surface area contributed by atoms with Crippen LogP contribution in [0.25, 0.3) is 16.9 Å². The summed E-state index contributed by atoms with van der Waals surface area (Å²) in [7, 11) is 0. The number of fused-ring (bicyclic) bond motifs is 1. The van der Waals surface area contributed by atoms with Crippen molar-refractivity contribution in [3.63, 3.8) is 0 Å². The third-order valence-corrected chi connectivity index (χ3v) is 6.11. The molecule has 34 heavy (non-hydrogen) atoms. The highest BCUT2D eigenvalue weighted by atomic mass is 16.6. The van der Waals surface area contributed by atoms with Gasteiger partial charge in [-0.2, -0.15) is 0 Å². The number of nitro groups is 1. The van der Waals surface area contributed by atoms with E-state index in [0.29, 0.717) is 5.95 Å². The Morgan fingerprint density at radius 3 is 2.56 bits per heavy atom. The van der Waals surface area contributed by atoms with Crippen LogP contribution in [0.15, 0.2) is 53.7 Å². The Balaban J connectivity index is 1.62. The van der Waals surface area contributed by atoms with Crippen LogP contribution in [0.4, 0.5) is 5.95 Å². The molecule has 4 rings (SSSR count). The van der Waals surface area contributed by atoms with Gasteiger partial charge in [0.2, 0.25) is 5.95 Å². The third-order valence-electron chi connectivity index (χ3n) is 6.11. The summed E-state index contributed by atoms with van der Waals surface area (Å²) in [5.74, 6) is 0.725. The number of dihydropyridines is 1. The number of nitrogens with zero attached hydrogens (tertiary/aromatic N) is 5. The highest BCUT2D eigenvalue weighted by molar-refractivity contribution is 5.92. The number of imidazole rings is 1. The fraction of sp³-hybridized carbons (Fsp3) is 0.375. The highest BCUT2D eigenvalue weighted by Gasteiger charge is 2.48. The average molecular weight is 463 g/mol. The van der Waals surface area contributed by atoms with E-state index < -0.39 is 16.6 Å². The van der Waals surface area contributed by atoms with Gasteiger partial charge in [-0.25, -0.2) is 15.0 Å². The number of aryl methyl sites for hydroxylation is 1. The number of amidine groups is 1. The summed E-state index contributed by atoms with van der Waals surface area (Å²) in [5.41, 5.74) is 14.7. The summed E-state index contributed by atoms with van der Waals surface area (Å²) < 4.78 is 1.84. The summed E-state index contributed by atoms with van der Waals surface area (Å²) in [6.07, 6.45) is 3.78. The number of nitrogens with one attached hydrogen (secondary N) is 1. The van der Waals surface area contributed by atoms with Gasteiger partial charge in [0.05, 0.1) is 11.4 Å². The van der Waals surface area contributed by atoms with Crippen molar-refractivity contribution in [2.24, 2.45) is 16.5 Å². The minimum Gasteiger partial charge on any atom is -0.384 e. The largest absolute Gasteiger partial charge is 0.384 e. The third kappa shape index (κ3) is 4.36. The molecule has 1 aliphatic rings. The molecule has 2 atom stereocenters. The van der Waals surface area contributed by atoms with Gasteiger partial charge in [0.1, 0.15) is 11.5 Å². The number of nitrogens with two attached hydrogens (primary N) is 2. The Kier molecular flexibility index (Phi) is 5.86. The van der Waals surface area contributed by atoms with Gasteiger partial charge in [0.15, 0.2) is 6.17 Å². The van der Waals surface area contributed by atoms with Crippen molar-refractivity contribution in [3.05, 3.63) is 70.1 Å². The van der Waals surface area contributed by atoms with Crippen molar-refractivity contribution in [1.29, 1.82) is 0 Å². The lowest BCUT2D eigenvalue weighted by Crippen LogP contribution is -2.54. The second-order valence-electron chi connectivity index (χ2n) is 9.66. The number of rotatable bonds is 6. The molecule has 3 heterocycles. The Morgan fingerprint density at radius 2 is 1.94 bits per heavy atom. The molecule has 1 aromatic carbocycles. The Morgan fingerprint density at radius 1 is 1.24 bits per heavy atom. The Labute approximate surface area is 198 Å². The molecular formula is C24H30N8O2. The van der Waals surface area contributed by atoms with Gasteiger partial charge >= 0.3 is 0 Å². The van der Waals surface area contributed by atoms with Gasteiger partial charge in [-0.3, -0.25) is 14.5 Å². The Hall–Kier alpha value is -3.79. The van der Waals surface area contributed by atoms with Crippen molar-refractivity contribution in [2.45, 2.75) is 51.2 Å². The zero-order valence-electron chi connectivity index (χ0n) is 19.8. The monoisotopic (exact) mass is 462 g/mol. The van der Waals surface area contributed by atoms with E-state index in [9.17, 15) is 10.1 Å². The quantitative estimate of drug-likeness (QED) is 0.376. The maximum absolute atomic E-state index is 11.9. The van der Waals surface area contributed by atoms with Crippen molar-refractivity contribution in [1.82, 2.24) is 14.4 Å². The smallest absolute Gasteiger partial charge is 0.277 e. The van der Waals surface area contributed by atoms with Crippen LogP contribution in [-0.2, 0) is 5.41 Å². The first-order chi connectivity index (χ1) is 16.0. The molecule has 5 N–H and O–H groups in total. The van der Waals surface area contributed by atoms with Crippen molar-refractivity contribution in [3.8, 4) is 11.3 Å². The molecule has 2 unspecified atom stereocenters. The standard InChI is InChI=1S/C24H30N8O2/c1-15-14-31-20(28-15)13-18(16-5-7-17(8-6-16)23(2,3)4)29-22(31)27-12-11-24(32(33)34)10-9-19(25)30-21(24)26/h5-10,13-14,21H,11-12,26H2,1-4H3,(H2,25,30)(H,27,29). The van der Waals surface area contributed by atoms with Gasteiger partial charge in [0, 0.05) is 35.7 Å². The predicted molar refractivity (Wildman–Crippen MR) is 133 cm³/mol. The molecule has 0 fully saturated rings. The fourth-order valence-corrected chi connectivity index (χ4v) is 4.03. The molecule has 0 spiro atoms. The topological polar surface area (TPSA) is 150 Å². The number of hydrogen-bond acceptors (Lipinski definition) is 8. The van der Waals surface area contributed by atoms with Crippen molar-refractivity contribution in [2.75, 3.05) is 11.9 Å². The minimum absolute atomic E-state index is 0.0545. The summed E-state index contributed by atoms with van der Waals surface area (Å²) in [5, 5.41) is 15.1. The van der Waals surface area contributed by atoms with Crippen LogP contribution in [0.3, 0.4) is 0 Å². The number of aromatic nitrogens is 3. The van der Waals surface area contributed by atoms with E-state index in [2.05, 4.69) is 60.3 Å². The molecule has 0 saturated carbocycles. The molecule has 0 bridgehead atoms.